The number of nitrogens with zero attached hydrogens (tertiary/aromatic N) is 5. The number of aromatic nitrogens is 4. The van der Waals surface area contributed by atoms with Crippen LogP contribution in [0.2, 0.25) is 0 Å². The van der Waals surface area contributed by atoms with E-state index in [2.05, 4.69) is 27.8 Å². The number of likely N-dealkylation sites (N-methyl/N-ethyl adjacent to an activating group) is 1. The molecule has 1 heterocycles. The monoisotopic (exact) mass is 272 g/mol. The van der Waals surface area contributed by atoms with E-state index < -0.39 is 0 Å². The third-order valence-corrected chi connectivity index (χ3v) is 3.25. The van der Waals surface area contributed by atoms with E-state index in [1.165, 1.54) is 11.8 Å². The lowest BCUT2D eigenvalue weighted by Gasteiger charge is -2.09. The second-order valence-electron chi connectivity index (χ2n) is 3.92. The molecule has 102 valence electrons. The Labute approximate surface area is 111 Å². The Morgan fingerprint density at radius 3 is 2.94 bits per heavy atom. The summed E-state index contributed by atoms with van der Waals surface area (Å²) in [6.07, 6.45) is 0.498. The Hall–Kier alpha value is -1.15. The van der Waals surface area contributed by atoms with Crippen LogP contribution in [0.5, 0.6) is 0 Å². The Bertz CT molecular complexity index is 367. The van der Waals surface area contributed by atoms with Crippen molar-refractivity contribution in [3.05, 3.63) is 0 Å². The third-order valence-electron chi connectivity index (χ3n) is 2.30. The zero-order valence-corrected chi connectivity index (χ0v) is 11.9. The maximum Gasteiger partial charge on any atom is 0.222 e. The van der Waals surface area contributed by atoms with Crippen molar-refractivity contribution in [2.24, 2.45) is 0 Å². The van der Waals surface area contributed by atoms with Crippen molar-refractivity contribution in [1.29, 1.82) is 0 Å². The Kier molecular flexibility index (Phi) is 6.66. The molecular formula is C10H20N6OS. The van der Waals surface area contributed by atoms with E-state index in [-0.39, 0.29) is 5.91 Å². The highest BCUT2D eigenvalue weighted by molar-refractivity contribution is 7.99. The van der Waals surface area contributed by atoms with Crippen LogP contribution < -0.4 is 5.32 Å². The maximum atomic E-state index is 11.4. The van der Waals surface area contributed by atoms with Gasteiger partial charge in [-0.2, -0.15) is 0 Å². The number of amides is 1. The lowest BCUT2D eigenvalue weighted by Crippen LogP contribution is -2.22. The van der Waals surface area contributed by atoms with Gasteiger partial charge in [0.25, 0.3) is 0 Å². The predicted molar refractivity (Wildman–Crippen MR) is 70.4 cm³/mol. The van der Waals surface area contributed by atoms with Crippen LogP contribution in [0.1, 0.15) is 13.3 Å². The molecule has 1 rings (SSSR count). The van der Waals surface area contributed by atoms with Gasteiger partial charge in [0.1, 0.15) is 0 Å². The molecule has 1 aromatic heterocycles. The van der Waals surface area contributed by atoms with Crippen LogP contribution in [0, 0.1) is 0 Å². The summed E-state index contributed by atoms with van der Waals surface area (Å²) in [5.41, 5.74) is 0. The summed E-state index contributed by atoms with van der Waals surface area (Å²) in [4.78, 5) is 13.0. The number of tetrazole rings is 1. The van der Waals surface area contributed by atoms with Gasteiger partial charge >= 0.3 is 0 Å². The lowest BCUT2D eigenvalue weighted by atomic mass is 10.4. The van der Waals surface area contributed by atoms with Crippen molar-refractivity contribution < 1.29 is 4.79 Å². The second-order valence-corrected chi connectivity index (χ2v) is 4.99. The molecule has 0 aliphatic rings. The Morgan fingerprint density at radius 1 is 1.50 bits per heavy atom. The minimum absolute atomic E-state index is 0.120. The quantitative estimate of drug-likeness (QED) is 0.524. The molecular weight excluding hydrogens is 252 g/mol. The first-order valence-corrected chi connectivity index (χ1v) is 6.93. The topological polar surface area (TPSA) is 75.9 Å². The Morgan fingerprint density at radius 2 is 2.28 bits per heavy atom. The first-order chi connectivity index (χ1) is 8.65. The predicted octanol–water partition coefficient (Wildman–Crippen LogP) is -0.147. The van der Waals surface area contributed by atoms with Crippen LogP contribution in [-0.4, -0.2) is 64.0 Å². The van der Waals surface area contributed by atoms with E-state index >= 15 is 0 Å². The number of nitrogens with one attached hydrogen (secondary N) is 1. The van der Waals surface area contributed by atoms with Crippen molar-refractivity contribution in [3.8, 4) is 0 Å². The van der Waals surface area contributed by atoms with Gasteiger partial charge in [0.05, 0.1) is 6.54 Å². The fourth-order valence-electron chi connectivity index (χ4n) is 1.26. The average molecular weight is 272 g/mol. The molecule has 18 heavy (non-hydrogen) atoms. The van der Waals surface area contributed by atoms with Crippen LogP contribution >= 0.6 is 11.8 Å². The van der Waals surface area contributed by atoms with Gasteiger partial charge in [0, 0.05) is 32.8 Å². The van der Waals surface area contributed by atoms with E-state index in [0.717, 1.165) is 24.8 Å². The minimum atomic E-state index is 0.120. The summed E-state index contributed by atoms with van der Waals surface area (Å²) in [7, 11) is 3.51. The van der Waals surface area contributed by atoms with E-state index in [1.807, 2.05) is 0 Å². The molecule has 0 spiro atoms. The summed E-state index contributed by atoms with van der Waals surface area (Å²) in [6.45, 7) is 4.57. The smallest absolute Gasteiger partial charge is 0.222 e. The average Bonchev–Trinajstić information content (AvgIpc) is 2.77. The van der Waals surface area contributed by atoms with E-state index in [9.17, 15) is 4.79 Å². The SMILES string of the molecule is CCNCCn1nnnc1SCCC(=O)N(C)C. The van der Waals surface area contributed by atoms with Gasteiger partial charge < -0.3 is 10.2 Å². The summed E-state index contributed by atoms with van der Waals surface area (Å²) < 4.78 is 1.76. The number of thioether (sulfide) groups is 1. The summed E-state index contributed by atoms with van der Waals surface area (Å²) in [5.74, 6) is 0.813. The number of hydrogen-bond donors (Lipinski definition) is 1. The van der Waals surface area contributed by atoms with Gasteiger partial charge in [0.15, 0.2) is 0 Å². The van der Waals surface area contributed by atoms with Gasteiger partial charge in [-0.25, -0.2) is 4.68 Å². The molecule has 0 radical (unpaired) electrons. The fraction of sp³-hybridized carbons (Fsp3) is 0.800. The van der Waals surface area contributed by atoms with Gasteiger partial charge in [-0.15, -0.1) is 5.10 Å². The molecule has 0 unspecified atom stereocenters. The van der Waals surface area contributed by atoms with Crippen LogP contribution in [0.3, 0.4) is 0 Å². The van der Waals surface area contributed by atoms with Gasteiger partial charge in [-0.1, -0.05) is 18.7 Å². The van der Waals surface area contributed by atoms with Crippen LogP contribution in [0.25, 0.3) is 0 Å². The summed E-state index contributed by atoms with van der Waals surface area (Å²) in [5, 5.41) is 15.5. The van der Waals surface area contributed by atoms with E-state index in [1.54, 1.807) is 23.7 Å². The number of hydrogen-bond acceptors (Lipinski definition) is 6. The van der Waals surface area contributed by atoms with Crippen LogP contribution in [0.15, 0.2) is 5.16 Å². The number of carbonyl (C=O) groups excluding carboxylic acids is 1. The molecule has 0 aliphatic heterocycles. The molecule has 1 aromatic rings. The van der Waals surface area contributed by atoms with Crippen LogP contribution in [0.4, 0.5) is 0 Å². The first-order valence-electron chi connectivity index (χ1n) is 5.95. The van der Waals surface area contributed by atoms with Gasteiger partial charge in [-0.05, 0) is 17.0 Å². The molecule has 0 saturated carbocycles. The molecule has 1 amide bonds. The van der Waals surface area contributed by atoms with E-state index in [4.69, 9.17) is 0 Å². The van der Waals surface area contributed by atoms with Crippen molar-refractivity contribution in [1.82, 2.24) is 30.4 Å². The standard InChI is InChI=1S/C10H20N6OS/c1-4-11-6-7-16-10(12-13-14-16)18-8-5-9(17)15(2)3/h11H,4-8H2,1-3H3. The fourth-order valence-corrected chi connectivity index (χ4v) is 2.09. The van der Waals surface area contributed by atoms with Crippen LogP contribution in [-0.2, 0) is 11.3 Å². The Balaban J connectivity index is 2.33. The summed E-state index contributed by atoms with van der Waals surface area (Å²) in [6, 6.07) is 0. The van der Waals surface area contributed by atoms with Gasteiger partial charge in [0.2, 0.25) is 11.1 Å². The molecule has 0 aromatic carbocycles. The summed E-state index contributed by atoms with van der Waals surface area (Å²) >= 11 is 1.51. The minimum Gasteiger partial charge on any atom is -0.349 e. The lowest BCUT2D eigenvalue weighted by molar-refractivity contribution is -0.128. The van der Waals surface area contributed by atoms with Crippen molar-refractivity contribution in [3.63, 3.8) is 0 Å². The molecule has 0 saturated heterocycles. The molecule has 1 N–H and O–H groups in total. The molecule has 8 heteroatoms. The highest BCUT2D eigenvalue weighted by atomic mass is 32.2. The molecule has 0 fully saturated rings. The van der Waals surface area contributed by atoms with Crippen molar-refractivity contribution >= 4 is 17.7 Å². The largest absolute Gasteiger partial charge is 0.349 e. The molecule has 0 atom stereocenters. The zero-order valence-electron chi connectivity index (χ0n) is 11.1. The maximum absolute atomic E-state index is 11.4. The highest BCUT2D eigenvalue weighted by Gasteiger charge is 2.08. The normalized spacial score (nSPS) is 10.6. The van der Waals surface area contributed by atoms with Gasteiger partial charge in [-0.3, -0.25) is 4.79 Å². The zero-order chi connectivity index (χ0) is 13.4. The molecule has 7 nitrogen and oxygen atoms in total. The van der Waals surface area contributed by atoms with E-state index in [0.29, 0.717) is 12.2 Å². The van der Waals surface area contributed by atoms with Crippen molar-refractivity contribution in [2.45, 2.75) is 25.0 Å². The third kappa shape index (κ3) is 5.01. The second kappa shape index (κ2) is 8.04. The molecule has 0 aliphatic carbocycles. The first kappa shape index (κ1) is 14.9. The number of carbonyl (C=O) groups is 1. The molecule has 0 bridgehead atoms. The highest BCUT2D eigenvalue weighted by Crippen LogP contribution is 2.14. The number of rotatable bonds is 8. The van der Waals surface area contributed by atoms with Crippen molar-refractivity contribution in [2.75, 3.05) is 32.9 Å².